The molecule has 0 saturated carbocycles. The van der Waals surface area contributed by atoms with E-state index in [1.54, 1.807) is 10.7 Å². The summed E-state index contributed by atoms with van der Waals surface area (Å²) in [5, 5.41) is 12.6. The number of nitrogens with zero attached hydrogens (tertiary/aromatic N) is 4. The van der Waals surface area contributed by atoms with Crippen molar-refractivity contribution in [3.8, 4) is 0 Å². The van der Waals surface area contributed by atoms with Crippen LogP contribution in [0.5, 0.6) is 0 Å². The molecule has 0 radical (unpaired) electrons. The van der Waals surface area contributed by atoms with Crippen LogP contribution in [0, 0.1) is 0 Å². The van der Waals surface area contributed by atoms with Gasteiger partial charge in [-0.25, -0.2) is 14.5 Å². The molecule has 80 valence electrons. The number of imidazole rings is 1. The molecule has 2 rings (SSSR count). The Morgan fingerprint density at radius 3 is 3.13 bits per heavy atom. The van der Waals surface area contributed by atoms with Crippen molar-refractivity contribution in [1.29, 1.82) is 0 Å². The molecule has 7 nitrogen and oxygen atoms in total. The van der Waals surface area contributed by atoms with Crippen LogP contribution in [0.1, 0.15) is 5.69 Å². The maximum absolute atomic E-state index is 8.56. The van der Waals surface area contributed by atoms with Crippen LogP contribution in [-0.2, 0) is 11.3 Å². The maximum Gasteiger partial charge on any atom is 0.196 e. The first-order valence-electron chi connectivity index (χ1n) is 4.44. The molecule has 0 aliphatic carbocycles. The Bertz CT molecular complexity index is 455. The van der Waals surface area contributed by atoms with E-state index in [1.165, 1.54) is 6.33 Å². The minimum Gasteiger partial charge on any atom is -0.394 e. The Labute approximate surface area is 85.5 Å². The summed E-state index contributed by atoms with van der Waals surface area (Å²) in [6.07, 6.45) is 2.98. The minimum absolute atomic E-state index is 0.00609. The second-order valence-electron chi connectivity index (χ2n) is 2.91. The van der Waals surface area contributed by atoms with Gasteiger partial charge in [-0.15, -0.1) is 0 Å². The molecule has 2 heterocycles. The Morgan fingerprint density at radius 2 is 2.33 bits per heavy atom. The van der Waals surface area contributed by atoms with Crippen molar-refractivity contribution in [1.82, 2.24) is 19.6 Å². The highest BCUT2D eigenvalue weighted by Crippen LogP contribution is 2.09. The van der Waals surface area contributed by atoms with Gasteiger partial charge in [-0.05, 0) is 0 Å². The standard InChI is InChI=1S/C8H11N5O2/c9-7-8-10-3-6(4-15-2-1-14)13(8)12-5-11-7/h3,5,14H,1-2,4H2,(H2,9,11,12). The van der Waals surface area contributed by atoms with Gasteiger partial charge in [0.15, 0.2) is 11.5 Å². The Kier molecular flexibility index (Phi) is 2.75. The Balaban J connectivity index is 2.25. The normalized spacial score (nSPS) is 11.0. The van der Waals surface area contributed by atoms with Crippen LogP contribution < -0.4 is 5.73 Å². The molecular weight excluding hydrogens is 198 g/mol. The van der Waals surface area contributed by atoms with E-state index in [0.29, 0.717) is 18.1 Å². The first-order chi connectivity index (χ1) is 7.33. The minimum atomic E-state index is -0.00609. The average Bonchev–Trinajstić information content (AvgIpc) is 2.64. The molecule has 2 aromatic heterocycles. The van der Waals surface area contributed by atoms with Crippen molar-refractivity contribution in [3.05, 3.63) is 18.2 Å². The van der Waals surface area contributed by atoms with Crippen LogP contribution in [0.4, 0.5) is 5.82 Å². The van der Waals surface area contributed by atoms with Gasteiger partial charge in [-0.1, -0.05) is 0 Å². The van der Waals surface area contributed by atoms with Crippen LogP contribution in [0.25, 0.3) is 5.65 Å². The van der Waals surface area contributed by atoms with Crippen LogP contribution in [-0.4, -0.2) is 37.9 Å². The number of nitrogens with two attached hydrogens (primary N) is 1. The van der Waals surface area contributed by atoms with Gasteiger partial charge in [-0.3, -0.25) is 0 Å². The lowest BCUT2D eigenvalue weighted by atomic mass is 10.5. The van der Waals surface area contributed by atoms with Gasteiger partial charge in [0.25, 0.3) is 0 Å². The van der Waals surface area contributed by atoms with E-state index < -0.39 is 0 Å². The Morgan fingerprint density at radius 1 is 1.47 bits per heavy atom. The van der Waals surface area contributed by atoms with Crippen molar-refractivity contribution in [2.75, 3.05) is 18.9 Å². The summed E-state index contributed by atoms with van der Waals surface area (Å²) in [5.74, 6) is 0.332. The number of anilines is 1. The van der Waals surface area contributed by atoms with Crippen LogP contribution in [0.15, 0.2) is 12.5 Å². The van der Waals surface area contributed by atoms with Gasteiger partial charge in [0, 0.05) is 0 Å². The zero-order valence-corrected chi connectivity index (χ0v) is 8.00. The van der Waals surface area contributed by atoms with E-state index in [0.717, 1.165) is 5.69 Å². The molecule has 0 aromatic carbocycles. The molecule has 2 aromatic rings. The van der Waals surface area contributed by atoms with Gasteiger partial charge in [-0.2, -0.15) is 5.10 Å². The summed E-state index contributed by atoms with van der Waals surface area (Å²) in [6.45, 7) is 0.611. The molecule has 3 N–H and O–H groups in total. The third kappa shape index (κ3) is 1.88. The number of hydrogen-bond acceptors (Lipinski definition) is 6. The molecule has 0 saturated heterocycles. The molecule has 15 heavy (non-hydrogen) atoms. The summed E-state index contributed by atoms with van der Waals surface area (Å²) < 4.78 is 6.73. The maximum atomic E-state index is 8.56. The number of aliphatic hydroxyl groups is 1. The monoisotopic (exact) mass is 209 g/mol. The van der Waals surface area contributed by atoms with Gasteiger partial charge in [0.05, 0.1) is 31.7 Å². The molecular formula is C8H11N5O2. The number of aromatic nitrogens is 4. The number of nitrogen functional groups attached to an aromatic ring is 1. The smallest absolute Gasteiger partial charge is 0.196 e. The van der Waals surface area contributed by atoms with Gasteiger partial charge in [0.2, 0.25) is 0 Å². The second kappa shape index (κ2) is 4.20. The SMILES string of the molecule is Nc1ncnn2c(COCCO)cnc12. The quantitative estimate of drug-likeness (QED) is 0.640. The summed E-state index contributed by atoms with van der Waals surface area (Å²) in [7, 11) is 0. The number of hydrogen-bond donors (Lipinski definition) is 2. The summed E-state index contributed by atoms with van der Waals surface area (Å²) >= 11 is 0. The van der Waals surface area contributed by atoms with E-state index in [-0.39, 0.29) is 13.2 Å². The second-order valence-corrected chi connectivity index (χ2v) is 2.91. The Hall–Kier alpha value is -1.73. The highest BCUT2D eigenvalue weighted by molar-refractivity contribution is 5.58. The van der Waals surface area contributed by atoms with Crippen LogP contribution in [0.2, 0.25) is 0 Å². The van der Waals surface area contributed by atoms with E-state index >= 15 is 0 Å². The highest BCUT2D eigenvalue weighted by atomic mass is 16.5. The molecule has 0 amide bonds. The number of aliphatic hydroxyl groups excluding tert-OH is 1. The van der Waals surface area contributed by atoms with Crippen molar-refractivity contribution in [3.63, 3.8) is 0 Å². The average molecular weight is 209 g/mol. The first kappa shape index (κ1) is 9.81. The van der Waals surface area contributed by atoms with Gasteiger partial charge >= 0.3 is 0 Å². The first-order valence-corrected chi connectivity index (χ1v) is 4.44. The van der Waals surface area contributed by atoms with E-state index in [1.807, 2.05) is 0 Å². The fourth-order valence-corrected chi connectivity index (χ4v) is 1.22. The summed E-state index contributed by atoms with van der Waals surface area (Å²) in [4.78, 5) is 7.89. The van der Waals surface area contributed by atoms with Gasteiger partial charge in [0.1, 0.15) is 6.33 Å². The summed E-state index contributed by atoms with van der Waals surface area (Å²) in [6, 6.07) is 0. The predicted molar refractivity (Wildman–Crippen MR) is 51.9 cm³/mol. The lowest BCUT2D eigenvalue weighted by molar-refractivity contribution is 0.0789. The zero-order chi connectivity index (χ0) is 10.7. The molecule has 0 unspecified atom stereocenters. The molecule has 0 spiro atoms. The van der Waals surface area contributed by atoms with Gasteiger partial charge < -0.3 is 15.6 Å². The van der Waals surface area contributed by atoms with Crippen LogP contribution in [0.3, 0.4) is 0 Å². The van der Waals surface area contributed by atoms with Crippen molar-refractivity contribution in [2.45, 2.75) is 6.61 Å². The fourth-order valence-electron chi connectivity index (χ4n) is 1.22. The van der Waals surface area contributed by atoms with Crippen LogP contribution >= 0.6 is 0 Å². The molecule has 0 aliphatic rings. The topological polar surface area (TPSA) is 98.6 Å². The lowest BCUT2D eigenvalue weighted by Crippen LogP contribution is -2.05. The predicted octanol–water partition coefficient (Wildman–Crippen LogP) is -0.785. The van der Waals surface area contributed by atoms with E-state index in [2.05, 4.69) is 15.1 Å². The molecule has 0 atom stereocenters. The van der Waals surface area contributed by atoms with E-state index in [4.69, 9.17) is 15.6 Å². The molecule has 7 heteroatoms. The zero-order valence-electron chi connectivity index (χ0n) is 8.00. The van der Waals surface area contributed by atoms with Crippen molar-refractivity contribution >= 4 is 11.5 Å². The number of ether oxygens (including phenoxy) is 1. The number of rotatable bonds is 4. The van der Waals surface area contributed by atoms with Crippen molar-refractivity contribution in [2.24, 2.45) is 0 Å². The molecule has 0 bridgehead atoms. The summed E-state index contributed by atoms with van der Waals surface area (Å²) in [5.41, 5.74) is 6.89. The largest absolute Gasteiger partial charge is 0.394 e. The third-order valence-electron chi connectivity index (χ3n) is 1.89. The molecule has 0 fully saturated rings. The fraction of sp³-hybridized carbons (Fsp3) is 0.375. The van der Waals surface area contributed by atoms with Crippen molar-refractivity contribution < 1.29 is 9.84 Å². The number of fused-ring (bicyclic) bond motifs is 1. The highest BCUT2D eigenvalue weighted by Gasteiger charge is 2.07. The lowest BCUT2D eigenvalue weighted by Gasteiger charge is -2.01. The molecule has 0 aliphatic heterocycles. The van der Waals surface area contributed by atoms with E-state index in [9.17, 15) is 0 Å². The third-order valence-corrected chi connectivity index (χ3v) is 1.89.